The van der Waals surface area contributed by atoms with Gasteiger partial charge < -0.3 is 10.1 Å². The van der Waals surface area contributed by atoms with E-state index in [9.17, 15) is 14.4 Å². The average molecular weight is 415 g/mol. The average Bonchev–Trinajstić information content (AvgIpc) is 3.27. The molecule has 3 aliphatic rings. The van der Waals surface area contributed by atoms with E-state index in [1.54, 1.807) is 36.0 Å². The Bertz CT molecular complexity index is 968. The molecule has 0 aromatic heterocycles. The highest BCUT2D eigenvalue weighted by molar-refractivity contribution is 8.18. The van der Waals surface area contributed by atoms with Gasteiger partial charge in [0, 0.05) is 0 Å². The van der Waals surface area contributed by atoms with Gasteiger partial charge in [-0.05, 0) is 41.9 Å². The highest BCUT2D eigenvalue weighted by Gasteiger charge is 2.41. The molecule has 4 rings (SSSR count). The number of hydrogen-bond acceptors (Lipinski definition) is 7. The molecule has 144 valence electrons. The zero-order valence-electron chi connectivity index (χ0n) is 15.1. The molecule has 0 fully saturated rings. The van der Waals surface area contributed by atoms with E-state index in [1.165, 1.54) is 17.6 Å². The number of rotatable bonds is 4. The summed E-state index contributed by atoms with van der Waals surface area (Å²) in [5.74, 6) is -1.31. The molecule has 9 heteroatoms. The summed E-state index contributed by atoms with van der Waals surface area (Å²) in [5, 5.41) is 3.78. The molecule has 0 bridgehead atoms. The molecule has 0 spiro atoms. The lowest BCUT2D eigenvalue weighted by molar-refractivity contribution is -0.119. The van der Waals surface area contributed by atoms with E-state index in [0.29, 0.717) is 10.9 Å². The number of allylic oxidation sites excluding steroid dienone is 1. The molecule has 2 aliphatic heterocycles. The van der Waals surface area contributed by atoms with Crippen molar-refractivity contribution in [3.05, 3.63) is 40.3 Å². The van der Waals surface area contributed by atoms with Crippen molar-refractivity contribution in [2.75, 3.05) is 18.2 Å². The summed E-state index contributed by atoms with van der Waals surface area (Å²) < 4.78 is 4.72. The maximum absolute atomic E-state index is 12.4. The number of methoxy groups -OCH3 is 1. The highest BCUT2D eigenvalue weighted by Crippen LogP contribution is 2.49. The number of aliphatic imine (C=N–C) groups is 2. The number of carbonyl (C=O) groups excluding carboxylic acids is 3. The summed E-state index contributed by atoms with van der Waals surface area (Å²) in [7, 11) is 1.28. The monoisotopic (exact) mass is 415 g/mol. The fourth-order valence-corrected chi connectivity index (χ4v) is 5.43. The largest absolute Gasteiger partial charge is 0.465 e. The first-order chi connectivity index (χ1) is 13.6. The second kappa shape index (κ2) is 7.92. The van der Waals surface area contributed by atoms with Gasteiger partial charge in [0.2, 0.25) is 5.91 Å². The Hall–Kier alpha value is -2.39. The van der Waals surface area contributed by atoms with Crippen molar-refractivity contribution in [3.8, 4) is 0 Å². The zero-order valence-corrected chi connectivity index (χ0v) is 16.7. The fraction of sp³-hybridized carbons (Fsp3) is 0.316. The SMILES string of the molecule is COC(=O)c1ccccc1NC(=O)CSC1=NC(=O)C2C(=N1)SC1=C2CCC1. The Morgan fingerprint density at radius 2 is 2.11 bits per heavy atom. The summed E-state index contributed by atoms with van der Waals surface area (Å²) in [6, 6.07) is 6.61. The van der Waals surface area contributed by atoms with Crippen molar-refractivity contribution in [2.45, 2.75) is 19.3 Å². The van der Waals surface area contributed by atoms with Crippen LogP contribution in [0, 0.1) is 5.92 Å². The molecule has 1 aromatic rings. The number of benzene rings is 1. The van der Waals surface area contributed by atoms with Crippen molar-refractivity contribution in [2.24, 2.45) is 15.9 Å². The number of amides is 2. The van der Waals surface area contributed by atoms with Crippen molar-refractivity contribution in [1.29, 1.82) is 0 Å². The van der Waals surface area contributed by atoms with Crippen molar-refractivity contribution < 1.29 is 19.1 Å². The molecule has 28 heavy (non-hydrogen) atoms. The normalized spacial score (nSPS) is 20.3. The number of carbonyl (C=O) groups is 3. The predicted molar refractivity (Wildman–Crippen MR) is 111 cm³/mol. The first kappa shape index (κ1) is 18.9. The molecular weight excluding hydrogens is 398 g/mol. The van der Waals surface area contributed by atoms with Crippen LogP contribution in [-0.2, 0) is 14.3 Å². The van der Waals surface area contributed by atoms with Crippen molar-refractivity contribution in [1.82, 2.24) is 0 Å². The molecule has 0 saturated heterocycles. The van der Waals surface area contributed by atoms with E-state index < -0.39 is 5.97 Å². The van der Waals surface area contributed by atoms with Gasteiger partial charge in [0.15, 0.2) is 5.17 Å². The summed E-state index contributed by atoms with van der Waals surface area (Å²) >= 11 is 2.69. The van der Waals surface area contributed by atoms with Gasteiger partial charge in [0.1, 0.15) is 5.92 Å². The Labute approximate surface area is 170 Å². The number of anilines is 1. The third-order valence-electron chi connectivity index (χ3n) is 4.63. The highest BCUT2D eigenvalue weighted by atomic mass is 32.2. The number of thioether (sulfide) groups is 2. The number of nitrogens with zero attached hydrogens (tertiary/aromatic N) is 2. The molecule has 1 aromatic carbocycles. The topological polar surface area (TPSA) is 97.2 Å². The number of para-hydroxylation sites is 1. The van der Waals surface area contributed by atoms with Crippen LogP contribution < -0.4 is 5.32 Å². The van der Waals surface area contributed by atoms with Crippen LogP contribution in [0.5, 0.6) is 0 Å². The standard InChI is InChI=1S/C19H17N3O4S2/c1-26-18(25)10-5-2-3-7-12(10)20-14(23)9-27-19-21-16(24)15-11-6-4-8-13(11)28-17(15)22-19/h2-3,5,7,15H,4,6,8-9H2,1H3,(H,20,23). The van der Waals surface area contributed by atoms with Gasteiger partial charge >= 0.3 is 5.97 Å². The molecule has 2 heterocycles. The number of fused-ring (bicyclic) bond motifs is 2. The van der Waals surface area contributed by atoms with E-state index in [0.717, 1.165) is 36.1 Å². The van der Waals surface area contributed by atoms with E-state index in [4.69, 9.17) is 4.74 Å². The second-order valence-corrected chi connectivity index (χ2v) is 8.45. The number of esters is 1. The summed E-state index contributed by atoms with van der Waals surface area (Å²) in [5.41, 5.74) is 1.83. The van der Waals surface area contributed by atoms with Gasteiger partial charge in [0.25, 0.3) is 5.91 Å². The van der Waals surface area contributed by atoms with Crippen LogP contribution in [0.2, 0.25) is 0 Å². The minimum atomic E-state index is -0.526. The first-order valence-electron chi connectivity index (χ1n) is 8.77. The van der Waals surface area contributed by atoms with E-state index in [-0.39, 0.29) is 29.0 Å². The Morgan fingerprint density at radius 1 is 1.29 bits per heavy atom. The predicted octanol–water partition coefficient (Wildman–Crippen LogP) is 3.24. The van der Waals surface area contributed by atoms with Crippen molar-refractivity contribution in [3.63, 3.8) is 0 Å². The van der Waals surface area contributed by atoms with Crippen LogP contribution in [-0.4, -0.2) is 40.9 Å². The molecule has 0 saturated carbocycles. The number of amidine groups is 1. The van der Waals surface area contributed by atoms with Gasteiger partial charge in [0.05, 0.1) is 29.2 Å². The Morgan fingerprint density at radius 3 is 2.93 bits per heavy atom. The van der Waals surface area contributed by atoms with Crippen LogP contribution in [0.3, 0.4) is 0 Å². The number of ether oxygens (including phenoxy) is 1. The smallest absolute Gasteiger partial charge is 0.339 e. The van der Waals surface area contributed by atoms with E-state index in [1.807, 2.05) is 0 Å². The molecule has 1 unspecified atom stereocenters. The molecule has 7 nitrogen and oxygen atoms in total. The molecule has 1 N–H and O–H groups in total. The zero-order chi connectivity index (χ0) is 19.7. The maximum Gasteiger partial charge on any atom is 0.339 e. The number of nitrogens with one attached hydrogen (secondary N) is 1. The van der Waals surface area contributed by atoms with Crippen molar-refractivity contribution >= 4 is 57.2 Å². The van der Waals surface area contributed by atoms with Gasteiger partial charge in [-0.2, -0.15) is 4.99 Å². The van der Waals surface area contributed by atoms with E-state index in [2.05, 4.69) is 15.3 Å². The quantitative estimate of drug-likeness (QED) is 0.758. The van der Waals surface area contributed by atoms with Gasteiger partial charge in [-0.1, -0.05) is 35.7 Å². The minimum Gasteiger partial charge on any atom is -0.465 e. The third-order valence-corrected chi connectivity index (χ3v) is 6.72. The summed E-state index contributed by atoms with van der Waals surface area (Å²) in [6.07, 6.45) is 3.04. The van der Waals surface area contributed by atoms with Crippen LogP contribution in [0.1, 0.15) is 29.6 Å². The molecular formula is C19H17N3O4S2. The van der Waals surface area contributed by atoms with Crippen LogP contribution in [0.4, 0.5) is 5.69 Å². The Kier molecular flexibility index (Phi) is 5.36. The lowest BCUT2D eigenvalue weighted by Gasteiger charge is -2.16. The van der Waals surface area contributed by atoms with Gasteiger partial charge in [-0.3, -0.25) is 9.59 Å². The third kappa shape index (κ3) is 3.64. The fourth-order valence-electron chi connectivity index (χ4n) is 3.38. The van der Waals surface area contributed by atoms with Crippen LogP contribution >= 0.6 is 23.5 Å². The van der Waals surface area contributed by atoms with Gasteiger partial charge in [-0.15, -0.1) is 0 Å². The van der Waals surface area contributed by atoms with E-state index >= 15 is 0 Å². The Balaban J connectivity index is 1.38. The first-order valence-corrected chi connectivity index (χ1v) is 10.6. The maximum atomic E-state index is 12.4. The number of hydrogen-bond donors (Lipinski definition) is 1. The molecule has 1 aliphatic carbocycles. The lowest BCUT2D eigenvalue weighted by Crippen LogP contribution is -2.25. The van der Waals surface area contributed by atoms with Crippen LogP contribution in [0.25, 0.3) is 0 Å². The molecule has 2 amide bonds. The molecule has 0 radical (unpaired) electrons. The molecule has 1 atom stereocenters. The minimum absolute atomic E-state index is 0.0286. The van der Waals surface area contributed by atoms with Gasteiger partial charge in [-0.25, -0.2) is 9.79 Å². The lowest BCUT2D eigenvalue weighted by atomic mass is 9.98. The second-order valence-electron chi connectivity index (χ2n) is 6.39. The van der Waals surface area contributed by atoms with Crippen LogP contribution in [0.15, 0.2) is 44.7 Å². The summed E-state index contributed by atoms with van der Waals surface area (Å²) in [6.45, 7) is 0. The summed E-state index contributed by atoms with van der Waals surface area (Å²) in [4.78, 5) is 46.3.